The first-order valence-electron chi connectivity index (χ1n) is 11.6. The Morgan fingerprint density at radius 1 is 1.00 bits per heavy atom. The summed E-state index contributed by atoms with van der Waals surface area (Å²) in [5, 5.41) is 18.7. The number of nitrogens with one attached hydrogen (secondary N) is 1. The highest BCUT2D eigenvalue weighted by molar-refractivity contribution is 5.92. The minimum Gasteiger partial charge on any atom is -0.454 e. The summed E-state index contributed by atoms with van der Waals surface area (Å²) in [6.07, 6.45) is -4.03. The standard InChI is InChI=1S/C27H25F4N3O3/c1-25(2,20-5-3-8-23-24(20)37-16-36-23)14-26(35,27(29,30)31)15-32-21-6-4-7-22-19(21)13-33-34(22)18-11-9-17(28)10-12-18/h3-13,32,35H,14-16H2,1-2H3. The number of fused-ring (bicyclic) bond motifs is 2. The first-order valence-corrected chi connectivity index (χ1v) is 11.6. The van der Waals surface area contributed by atoms with Crippen molar-refractivity contribution in [2.24, 2.45) is 0 Å². The molecule has 0 bridgehead atoms. The molecule has 5 rings (SSSR count). The third-order valence-corrected chi connectivity index (χ3v) is 6.64. The van der Waals surface area contributed by atoms with Gasteiger partial charge in [0.25, 0.3) is 0 Å². The Kier molecular flexibility index (Phi) is 6.02. The number of alkyl halides is 3. The Bertz CT molecular complexity index is 1430. The van der Waals surface area contributed by atoms with Gasteiger partial charge >= 0.3 is 6.18 Å². The molecule has 0 saturated carbocycles. The Morgan fingerprint density at radius 2 is 1.73 bits per heavy atom. The molecule has 2 N–H and O–H groups in total. The van der Waals surface area contributed by atoms with E-state index in [0.29, 0.717) is 39.3 Å². The van der Waals surface area contributed by atoms with E-state index in [4.69, 9.17) is 9.47 Å². The van der Waals surface area contributed by atoms with Gasteiger partial charge in [-0.3, -0.25) is 0 Å². The van der Waals surface area contributed by atoms with Crippen molar-refractivity contribution in [3.05, 3.63) is 78.2 Å². The van der Waals surface area contributed by atoms with Crippen molar-refractivity contribution in [3.63, 3.8) is 0 Å². The van der Waals surface area contributed by atoms with E-state index in [9.17, 15) is 22.7 Å². The Labute approximate surface area is 210 Å². The number of halogens is 4. The van der Waals surface area contributed by atoms with Crippen LogP contribution in [-0.4, -0.2) is 40.0 Å². The van der Waals surface area contributed by atoms with Crippen LogP contribution >= 0.6 is 0 Å². The molecule has 1 aliphatic rings. The van der Waals surface area contributed by atoms with Crippen LogP contribution in [0.15, 0.2) is 66.9 Å². The predicted octanol–water partition coefficient (Wildman–Crippen LogP) is 5.97. The SMILES string of the molecule is CC(C)(CC(O)(CNc1cccc2c1cnn2-c1ccc(F)cc1)C(F)(F)F)c1cccc2c1OCO2. The lowest BCUT2D eigenvalue weighted by Crippen LogP contribution is -2.53. The van der Waals surface area contributed by atoms with Crippen LogP contribution < -0.4 is 14.8 Å². The Morgan fingerprint density at radius 3 is 2.46 bits per heavy atom. The average Bonchev–Trinajstić information content (AvgIpc) is 3.49. The lowest BCUT2D eigenvalue weighted by Gasteiger charge is -2.38. The molecule has 0 saturated heterocycles. The van der Waals surface area contributed by atoms with Crippen molar-refractivity contribution >= 4 is 16.6 Å². The van der Waals surface area contributed by atoms with Gasteiger partial charge < -0.3 is 19.9 Å². The van der Waals surface area contributed by atoms with Crippen LogP contribution in [0.4, 0.5) is 23.2 Å². The van der Waals surface area contributed by atoms with Gasteiger partial charge in [-0.15, -0.1) is 0 Å². The summed E-state index contributed by atoms with van der Waals surface area (Å²) in [7, 11) is 0. The van der Waals surface area contributed by atoms with Gasteiger partial charge in [0.1, 0.15) is 5.82 Å². The van der Waals surface area contributed by atoms with Gasteiger partial charge in [-0.05, 0) is 54.3 Å². The number of aromatic nitrogens is 2. The first kappa shape index (κ1) is 24.9. The zero-order valence-corrected chi connectivity index (χ0v) is 20.1. The molecule has 6 nitrogen and oxygen atoms in total. The number of para-hydroxylation sites is 1. The highest BCUT2D eigenvalue weighted by atomic mass is 19.4. The number of aliphatic hydroxyl groups is 1. The maximum Gasteiger partial charge on any atom is 0.418 e. The van der Waals surface area contributed by atoms with E-state index in [1.807, 2.05) is 0 Å². The molecule has 0 radical (unpaired) electrons. The molecule has 4 aromatic rings. The summed E-state index contributed by atoms with van der Waals surface area (Å²) in [5.74, 6) is 0.462. The molecule has 37 heavy (non-hydrogen) atoms. The number of hydrogen-bond donors (Lipinski definition) is 2. The molecule has 2 heterocycles. The topological polar surface area (TPSA) is 68.5 Å². The van der Waals surface area contributed by atoms with Crippen molar-refractivity contribution in [2.75, 3.05) is 18.7 Å². The number of anilines is 1. The Hall–Kier alpha value is -3.79. The van der Waals surface area contributed by atoms with Crippen molar-refractivity contribution in [2.45, 2.75) is 37.5 Å². The molecule has 194 valence electrons. The summed E-state index contributed by atoms with van der Waals surface area (Å²) < 4.78 is 68.7. The van der Waals surface area contributed by atoms with Crippen LogP contribution in [0.2, 0.25) is 0 Å². The molecule has 1 aromatic heterocycles. The highest BCUT2D eigenvalue weighted by Gasteiger charge is 2.56. The fourth-order valence-electron chi connectivity index (χ4n) is 4.79. The monoisotopic (exact) mass is 515 g/mol. The largest absolute Gasteiger partial charge is 0.454 e. The highest BCUT2D eigenvalue weighted by Crippen LogP contribution is 2.47. The van der Waals surface area contributed by atoms with E-state index in [-0.39, 0.29) is 6.79 Å². The molecular formula is C27H25F4N3O3. The van der Waals surface area contributed by atoms with Gasteiger partial charge in [-0.1, -0.05) is 32.0 Å². The van der Waals surface area contributed by atoms with Gasteiger partial charge in [-0.25, -0.2) is 9.07 Å². The van der Waals surface area contributed by atoms with Gasteiger partial charge in [0.05, 0.1) is 23.9 Å². The lowest BCUT2D eigenvalue weighted by molar-refractivity contribution is -0.260. The fraction of sp³-hybridized carbons (Fsp3) is 0.296. The average molecular weight is 516 g/mol. The van der Waals surface area contributed by atoms with Crippen LogP contribution in [0.1, 0.15) is 25.8 Å². The molecule has 0 spiro atoms. The molecule has 1 atom stereocenters. The number of nitrogens with zero attached hydrogens (tertiary/aromatic N) is 2. The summed E-state index contributed by atoms with van der Waals surface area (Å²) >= 11 is 0. The number of ether oxygens (including phenoxy) is 2. The molecule has 10 heteroatoms. The molecule has 1 unspecified atom stereocenters. The van der Waals surface area contributed by atoms with Crippen LogP contribution in [0.5, 0.6) is 11.5 Å². The third kappa shape index (κ3) is 4.57. The summed E-state index contributed by atoms with van der Waals surface area (Å²) in [5.41, 5.74) is -2.05. The summed E-state index contributed by atoms with van der Waals surface area (Å²) in [4.78, 5) is 0. The van der Waals surface area contributed by atoms with Gasteiger partial charge in [0.15, 0.2) is 17.1 Å². The minimum absolute atomic E-state index is 0.0108. The zero-order valence-electron chi connectivity index (χ0n) is 20.1. The van der Waals surface area contributed by atoms with Crippen LogP contribution in [0, 0.1) is 5.82 Å². The maximum atomic E-state index is 14.3. The molecule has 0 amide bonds. The molecule has 0 fully saturated rings. The number of benzene rings is 3. The van der Waals surface area contributed by atoms with Crippen molar-refractivity contribution < 1.29 is 32.1 Å². The van der Waals surface area contributed by atoms with E-state index in [2.05, 4.69) is 10.4 Å². The van der Waals surface area contributed by atoms with Crippen molar-refractivity contribution in [1.82, 2.24) is 9.78 Å². The molecular weight excluding hydrogens is 490 g/mol. The molecule has 3 aromatic carbocycles. The van der Waals surface area contributed by atoms with Crippen LogP contribution in [0.3, 0.4) is 0 Å². The second kappa shape index (κ2) is 8.95. The van der Waals surface area contributed by atoms with E-state index in [1.54, 1.807) is 67.1 Å². The predicted molar refractivity (Wildman–Crippen MR) is 131 cm³/mol. The maximum absolute atomic E-state index is 14.3. The zero-order chi connectivity index (χ0) is 26.4. The second-order valence-corrected chi connectivity index (χ2v) is 9.75. The van der Waals surface area contributed by atoms with Crippen LogP contribution in [0.25, 0.3) is 16.6 Å². The van der Waals surface area contributed by atoms with Crippen LogP contribution in [-0.2, 0) is 5.41 Å². The van der Waals surface area contributed by atoms with Gasteiger partial charge in [0, 0.05) is 16.6 Å². The normalized spacial score (nSPS) is 15.1. The minimum atomic E-state index is -4.92. The van der Waals surface area contributed by atoms with E-state index in [1.165, 1.54) is 18.3 Å². The lowest BCUT2D eigenvalue weighted by atomic mass is 9.74. The second-order valence-electron chi connectivity index (χ2n) is 9.75. The number of rotatable bonds is 7. The van der Waals surface area contributed by atoms with E-state index < -0.39 is 36.0 Å². The fourth-order valence-corrected chi connectivity index (χ4v) is 4.79. The first-order chi connectivity index (χ1) is 17.5. The van der Waals surface area contributed by atoms with E-state index >= 15 is 0 Å². The van der Waals surface area contributed by atoms with Gasteiger partial charge in [0.2, 0.25) is 6.79 Å². The summed E-state index contributed by atoms with van der Waals surface area (Å²) in [6, 6.07) is 15.8. The van der Waals surface area contributed by atoms with Crippen molar-refractivity contribution in [3.8, 4) is 17.2 Å². The number of hydrogen-bond acceptors (Lipinski definition) is 5. The molecule has 1 aliphatic heterocycles. The molecule has 0 aliphatic carbocycles. The van der Waals surface area contributed by atoms with E-state index in [0.717, 1.165) is 0 Å². The smallest absolute Gasteiger partial charge is 0.418 e. The summed E-state index contributed by atoms with van der Waals surface area (Å²) in [6.45, 7) is 2.47. The quantitative estimate of drug-likeness (QED) is 0.297. The van der Waals surface area contributed by atoms with Gasteiger partial charge in [-0.2, -0.15) is 18.3 Å². The van der Waals surface area contributed by atoms with Crippen molar-refractivity contribution in [1.29, 1.82) is 0 Å². The third-order valence-electron chi connectivity index (χ3n) is 6.64. The Balaban J connectivity index is 1.43.